The van der Waals surface area contributed by atoms with Crippen LogP contribution in [0.25, 0.3) is 5.70 Å². The summed E-state index contributed by atoms with van der Waals surface area (Å²) in [5.41, 5.74) is 2.62. The number of hydrogen-bond acceptors (Lipinski definition) is 2. The number of rotatable bonds is 2. The van der Waals surface area contributed by atoms with Crippen molar-refractivity contribution in [3.05, 3.63) is 58.2 Å². The van der Waals surface area contributed by atoms with E-state index in [4.69, 9.17) is 27.9 Å². The lowest BCUT2D eigenvalue weighted by Gasteiger charge is -2.28. The van der Waals surface area contributed by atoms with E-state index in [1.807, 2.05) is 36.2 Å². The first-order valence-corrected chi connectivity index (χ1v) is 6.14. The number of hydrogen-bond donors (Lipinski definition) is 0. The fourth-order valence-corrected chi connectivity index (χ4v) is 2.22. The van der Waals surface area contributed by atoms with Crippen LogP contribution in [-0.4, -0.2) is 19.1 Å². The molecule has 1 aliphatic heterocycles. The molecule has 1 aromatic carbocycles. The zero-order valence-corrected chi connectivity index (χ0v) is 11.7. The molecule has 0 amide bonds. The van der Waals surface area contributed by atoms with Crippen molar-refractivity contribution in [3.8, 4) is 5.75 Å². The molecule has 0 spiro atoms. The van der Waals surface area contributed by atoms with E-state index in [1.54, 1.807) is 13.2 Å². The Balaban J connectivity index is 2.46. The summed E-state index contributed by atoms with van der Waals surface area (Å²) in [6.45, 7) is 3.93. The highest BCUT2D eigenvalue weighted by atomic mass is 35.5. The van der Waals surface area contributed by atoms with Gasteiger partial charge in [-0.1, -0.05) is 29.8 Å². The fourth-order valence-electron chi connectivity index (χ4n) is 1.77. The lowest BCUT2D eigenvalue weighted by Crippen LogP contribution is -2.18. The van der Waals surface area contributed by atoms with Crippen LogP contribution in [0.4, 0.5) is 0 Å². The average molecular weight is 282 g/mol. The topological polar surface area (TPSA) is 12.5 Å². The van der Waals surface area contributed by atoms with E-state index >= 15 is 0 Å². The second-order valence-corrected chi connectivity index (χ2v) is 4.73. The van der Waals surface area contributed by atoms with Gasteiger partial charge < -0.3 is 9.64 Å². The van der Waals surface area contributed by atoms with Crippen molar-refractivity contribution in [3.63, 3.8) is 0 Å². The van der Waals surface area contributed by atoms with Crippen LogP contribution in [-0.2, 0) is 0 Å². The Kier molecular flexibility index (Phi) is 3.69. The molecule has 2 rings (SSSR count). The first kappa shape index (κ1) is 13.1. The summed E-state index contributed by atoms with van der Waals surface area (Å²) >= 11 is 12.3. The first-order valence-electron chi connectivity index (χ1n) is 5.39. The molecule has 0 saturated carbocycles. The number of nitrogens with zero attached hydrogens (tertiary/aromatic N) is 1. The van der Waals surface area contributed by atoms with E-state index < -0.39 is 0 Å². The van der Waals surface area contributed by atoms with E-state index in [-0.39, 0.29) is 0 Å². The molecule has 1 aromatic rings. The van der Waals surface area contributed by atoms with E-state index in [0.717, 1.165) is 22.7 Å². The van der Waals surface area contributed by atoms with Crippen LogP contribution < -0.4 is 4.74 Å². The Labute approximate surface area is 117 Å². The molecule has 0 bridgehead atoms. The minimum atomic E-state index is 0.630. The summed E-state index contributed by atoms with van der Waals surface area (Å²) in [6.07, 6.45) is 3.74. The molecule has 4 heteroatoms. The molecular formula is C14H13Cl2NO. The highest BCUT2D eigenvalue weighted by Crippen LogP contribution is 2.35. The Morgan fingerprint density at radius 1 is 1.22 bits per heavy atom. The third-order valence-corrected chi connectivity index (χ3v) is 3.54. The second kappa shape index (κ2) is 5.09. The maximum Gasteiger partial charge on any atom is 0.120 e. The quantitative estimate of drug-likeness (QED) is 0.803. The van der Waals surface area contributed by atoms with Crippen LogP contribution >= 0.6 is 23.2 Å². The van der Waals surface area contributed by atoms with Crippen molar-refractivity contribution >= 4 is 28.9 Å². The van der Waals surface area contributed by atoms with Gasteiger partial charge in [0, 0.05) is 18.3 Å². The lowest BCUT2D eigenvalue weighted by molar-refractivity contribution is 0.414. The largest absolute Gasteiger partial charge is 0.497 e. The summed E-state index contributed by atoms with van der Waals surface area (Å²) < 4.78 is 5.13. The molecule has 1 aliphatic rings. The van der Waals surface area contributed by atoms with Crippen LogP contribution in [0.15, 0.2) is 47.7 Å². The van der Waals surface area contributed by atoms with Gasteiger partial charge in [0.2, 0.25) is 0 Å². The van der Waals surface area contributed by atoms with Gasteiger partial charge in [-0.25, -0.2) is 0 Å². The van der Waals surface area contributed by atoms with Crippen LogP contribution in [0.3, 0.4) is 0 Å². The molecule has 18 heavy (non-hydrogen) atoms. The first-order chi connectivity index (χ1) is 8.54. The molecule has 0 saturated heterocycles. The number of ether oxygens (including phenoxy) is 1. The van der Waals surface area contributed by atoms with Gasteiger partial charge in [-0.2, -0.15) is 0 Å². The van der Waals surface area contributed by atoms with Gasteiger partial charge in [-0.15, -0.1) is 0 Å². The third-order valence-electron chi connectivity index (χ3n) is 2.88. The Hall–Kier alpha value is -1.38. The van der Waals surface area contributed by atoms with Gasteiger partial charge in [0.05, 0.1) is 22.9 Å². The summed E-state index contributed by atoms with van der Waals surface area (Å²) in [7, 11) is 3.52. The summed E-state index contributed by atoms with van der Waals surface area (Å²) in [5.74, 6) is 0.732. The van der Waals surface area contributed by atoms with E-state index in [2.05, 4.69) is 6.58 Å². The predicted octanol–water partition coefficient (Wildman–Crippen LogP) is 4.27. The number of methoxy groups -OCH3 is 1. The van der Waals surface area contributed by atoms with Crippen molar-refractivity contribution in [2.45, 2.75) is 0 Å². The number of benzene rings is 1. The van der Waals surface area contributed by atoms with Gasteiger partial charge in [0.1, 0.15) is 5.75 Å². The Bertz CT molecular complexity index is 561. The number of halogens is 2. The predicted molar refractivity (Wildman–Crippen MR) is 76.8 cm³/mol. The molecule has 1 heterocycles. The zero-order valence-electron chi connectivity index (χ0n) is 10.2. The van der Waals surface area contributed by atoms with E-state index in [1.165, 1.54) is 0 Å². The van der Waals surface area contributed by atoms with E-state index in [9.17, 15) is 0 Å². The molecule has 0 atom stereocenters. The monoisotopic (exact) mass is 281 g/mol. The Morgan fingerprint density at radius 3 is 2.56 bits per heavy atom. The normalized spacial score (nSPS) is 15.3. The fraction of sp³-hybridized carbons (Fsp3) is 0.143. The van der Waals surface area contributed by atoms with Crippen LogP contribution in [0.1, 0.15) is 5.56 Å². The SMILES string of the molecule is C=C1C(Cl)=CC=C(c2ccc(OC)cc2Cl)N1C. The maximum absolute atomic E-state index is 6.26. The van der Waals surface area contributed by atoms with Crippen molar-refractivity contribution in [2.24, 2.45) is 0 Å². The number of likely N-dealkylation sites (N-methyl/N-ethyl adjacent to an activating group) is 1. The van der Waals surface area contributed by atoms with Gasteiger partial charge in [0.15, 0.2) is 0 Å². The van der Waals surface area contributed by atoms with Crippen molar-refractivity contribution in [1.29, 1.82) is 0 Å². The van der Waals surface area contributed by atoms with Crippen LogP contribution in [0, 0.1) is 0 Å². The van der Waals surface area contributed by atoms with Gasteiger partial charge in [-0.05, 0) is 30.4 Å². The van der Waals surface area contributed by atoms with Crippen molar-refractivity contribution in [2.75, 3.05) is 14.2 Å². The summed E-state index contributed by atoms with van der Waals surface area (Å²) in [4.78, 5) is 1.91. The van der Waals surface area contributed by atoms with Crippen LogP contribution in [0.5, 0.6) is 5.75 Å². The molecule has 0 aromatic heterocycles. The van der Waals surface area contributed by atoms with E-state index in [0.29, 0.717) is 10.1 Å². The Morgan fingerprint density at radius 2 is 1.94 bits per heavy atom. The molecule has 0 radical (unpaired) electrons. The zero-order chi connectivity index (χ0) is 13.3. The van der Waals surface area contributed by atoms with Gasteiger partial charge in [0.25, 0.3) is 0 Å². The van der Waals surface area contributed by atoms with Crippen LogP contribution in [0.2, 0.25) is 5.02 Å². The highest BCUT2D eigenvalue weighted by molar-refractivity contribution is 6.33. The maximum atomic E-state index is 6.26. The minimum Gasteiger partial charge on any atom is -0.497 e. The lowest BCUT2D eigenvalue weighted by atomic mass is 10.1. The standard InChI is InChI=1S/C14H13Cl2NO/c1-9-12(15)6-7-14(17(9)2)11-5-4-10(18-3)8-13(11)16/h4-8H,1H2,2-3H3. The average Bonchev–Trinajstić information content (AvgIpc) is 2.37. The minimum absolute atomic E-state index is 0.630. The van der Waals surface area contributed by atoms with Crippen molar-refractivity contribution in [1.82, 2.24) is 4.90 Å². The third kappa shape index (κ3) is 2.26. The van der Waals surface area contributed by atoms with Crippen molar-refractivity contribution < 1.29 is 4.74 Å². The second-order valence-electron chi connectivity index (χ2n) is 3.92. The van der Waals surface area contributed by atoms with Gasteiger partial charge in [-0.3, -0.25) is 0 Å². The molecule has 0 unspecified atom stereocenters. The molecule has 0 N–H and O–H groups in total. The molecule has 94 valence electrons. The smallest absolute Gasteiger partial charge is 0.120 e. The highest BCUT2D eigenvalue weighted by Gasteiger charge is 2.18. The molecule has 0 aliphatic carbocycles. The van der Waals surface area contributed by atoms with Gasteiger partial charge >= 0.3 is 0 Å². The molecule has 0 fully saturated rings. The number of allylic oxidation sites excluding steroid dienone is 3. The molecular weight excluding hydrogens is 269 g/mol. The molecule has 2 nitrogen and oxygen atoms in total. The summed E-state index contributed by atoms with van der Waals surface area (Å²) in [5, 5.41) is 1.26. The summed E-state index contributed by atoms with van der Waals surface area (Å²) in [6, 6.07) is 5.58.